The lowest BCUT2D eigenvalue weighted by molar-refractivity contribution is 0.414. The summed E-state index contributed by atoms with van der Waals surface area (Å²) in [6, 6.07) is 8.19. The largest absolute Gasteiger partial charge is 0.497 e. The van der Waals surface area contributed by atoms with Crippen LogP contribution in [0.4, 0.5) is 0 Å². The van der Waals surface area contributed by atoms with Crippen LogP contribution in [0.15, 0.2) is 29.3 Å². The van der Waals surface area contributed by atoms with Gasteiger partial charge in [0, 0.05) is 31.4 Å². The molecule has 0 aliphatic carbocycles. The van der Waals surface area contributed by atoms with Gasteiger partial charge in [0.1, 0.15) is 5.75 Å². The molecular weight excluding hydrogens is 338 g/mol. The third-order valence-electron chi connectivity index (χ3n) is 4.63. The third-order valence-corrected chi connectivity index (χ3v) is 4.63. The van der Waals surface area contributed by atoms with E-state index in [1.54, 1.807) is 7.11 Å². The van der Waals surface area contributed by atoms with Gasteiger partial charge in [0.2, 0.25) is 0 Å². The van der Waals surface area contributed by atoms with Gasteiger partial charge in [-0.2, -0.15) is 5.10 Å². The van der Waals surface area contributed by atoms with Crippen molar-refractivity contribution in [3.05, 3.63) is 46.8 Å². The van der Waals surface area contributed by atoms with Gasteiger partial charge in [-0.25, -0.2) is 4.99 Å². The number of rotatable bonds is 9. The molecule has 148 valence electrons. The van der Waals surface area contributed by atoms with Crippen LogP contribution in [0.2, 0.25) is 0 Å². The summed E-state index contributed by atoms with van der Waals surface area (Å²) in [7, 11) is 3.70. The van der Waals surface area contributed by atoms with Crippen LogP contribution in [0.25, 0.3) is 0 Å². The predicted octanol–water partition coefficient (Wildman–Crippen LogP) is 2.85. The molecule has 0 bridgehead atoms. The number of hydrogen-bond acceptors (Lipinski definition) is 3. The minimum Gasteiger partial charge on any atom is -0.497 e. The van der Waals surface area contributed by atoms with Gasteiger partial charge in [0.25, 0.3) is 0 Å². The van der Waals surface area contributed by atoms with Crippen LogP contribution in [-0.2, 0) is 32.9 Å². The van der Waals surface area contributed by atoms with E-state index in [0.29, 0.717) is 6.54 Å². The quantitative estimate of drug-likeness (QED) is 0.526. The fraction of sp³-hybridized carbons (Fsp3) is 0.524. The lowest BCUT2D eigenvalue weighted by Gasteiger charge is -2.12. The summed E-state index contributed by atoms with van der Waals surface area (Å²) in [5, 5.41) is 11.4. The Morgan fingerprint density at radius 1 is 1.11 bits per heavy atom. The molecule has 0 unspecified atom stereocenters. The van der Waals surface area contributed by atoms with Crippen LogP contribution in [0.3, 0.4) is 0 Å². The highest BCUT2D eigenvalue weighted by atomic mass is 16.5. The molecule has 1 aromatic carbocycles. The van der Waals surface area contributed by atoms with Gasteiger partial charge in [0.05, 0.1) is 19.3 Å². The summed E-state index contributed by atoms with van der Waals surface area (Å²) in [5.41, 5.74) is 4.94. The summed E-state index contributed by atoms with van der Waals surface area (Å²) in [6.07, 6.45) is 2.83. The van der Waals surface area contributed by atoms with Crippen molar-refractivity contribution >= 4 is 5.96 Å². The maximum atomic E-state index is 5.21. The van der Waals surface area contributed by atoms with Gasteiger partial charge in [0.15, 0.2) is 5.96 Å². The monoisotopic (exact) mass is 371 g/mol. The fourth-order valence-corrected chi connectivity index (χ4v) is 3.19. The number of hydrogen-bond donors (Lipinski definition) is 2. The van der Waals surface area contributed by atoms with Gasteiger partial charge in [-0.05, 0) is 43.9 Å². The van der Waals surface area contributed by atoms with Gasteiger partial charge < -0.3 is 15.4 Å². The Morgan fingerprint density at radius 3 is 2.44 bits per heavy atom. The molecule has 0 spiro atoms. The molecule has 2 rings (SSSR count). The molecule has 0 saturated heterocycles. The van der Waals surface area contributed by atoms with Crippen molar-refractivity contribution in [3.63, 3.8) is 0 Å². The fourth-order valence-electron chi connectivity index (χ4n) is 3.19. The molecule has 6 nitrogen and oxygen atoms in total. The van der Waals surface area contributed by atoms with E-state index in [-0.39, 0.29) is 0 Å². The van der Waals surface area contributed by atoms with E-state index in [0.717, 1.165) is 49.8 Å². The Balaban J connectivity index is 1.99. The molecule has 6 heteroatoms. The van der Waals surface area contributed by atoms with Gasteiger partial charge in [-0.1, -0.05) is 26.0 Å². The molecule has 0 amide bonds. The molecule has 0 atom stereocenters. The van der Waals surface area contributed by atoms with Crippen molar-refractivity contribution < 1.29 is 4.74 Å². The lowest BCUT2D eigenvalue weighted by atomic mass is 10.1. The Labute approximate surface area is 163 Å². The first-order valence-corrected chi connectivity index (χ1v) is 9.81. The van der Waals surface area contributed by atoms with Crippen molar-refractivity contribution in [2.75, 3.05) is 20.2 Å². The van der Waals surface area contributed by atoms with E-state index in [4.69, 9.17) is 9.73 Å². The zero-order valence-electron chi connectivity index (χ0n) is 17.3. The van der Waals surface area contributed by atoms with Crippen molar-refractivity contribution in [1.82, 2.24) is 20.4 Å². The Hall–Kier alpha value is -2.50. The normalized spacial score (nSPS) is 11.5. The van der Waals surface area contributed by atoms with E-state index in [9.17, 15) is 0 Å². The summed E-state index contributed by atoms with van der Waals surface area (Å²) in [5.74, 6) is 1.73. The van der Waals surface area contributed by atoms with Crippen molar-refractivity contribution in [3.8, 4) is 5.75 Å². The number of guanidine groups is 1. The standard InChI is InChI=1S/C21H33N5O/c1-6-19-18(20(7-2)26(4)25-19)15-24-21(22-8-3)23-14-13-16-9-11-17(27-5)12-10-16/h9-12H,6-8,13-15H2,1-5H3,(H2,22,23,24). The van der Waals surface area contributed by atoms with E-state index in [1.807, 2.05) is 23.9 Å². The first-order chi connectivity index (χ1) is 13.1. The molecular formula is C21H33N5O. The van der Waals surface area contributed by atoms with Crippen LogP contribution in [0.1, 0.15) is 43.3 Å². The number of benzene rings is 1. The molecule has 0 saturated carbocycles. The summed E-state index contributed by atoms with van der Waals surface area (Å²) >= 11 is 0. The second-order valence-electron chi connectivity index (χ2n) is 6.42. The first kappa shape index (κ1) is 20.8. The molecule has 2 aromatic rings. The molecule has 1 aromatic heterocycles. The number of methoxy groups -OCH3 is 1. The number of ether oxygens (including phenoxy) is 1. The van der Waals surface area contributed by atoms with E-state index in [2.05, 4.69) is 48.6 Å². The van der Waals surface area contributed by atoms with Crippen LogP contribution in [-0.4, -0.2) is 35.9 Å². The van der Waals surface area contributed by atoms with Crippen LogP contribution in [0, 0.1) is 0 Å². The number of aryl methyl sites for hydroxylation is 2. The Kier molecular flexibility index (Phi) is 8.17. The van der Waals surface area contributed by atoms with E-state index >= 15 is 0 Å². The number of aromatic nitrogens is 2. The first-order valence-electron chi connectivity index (χ1n) is 9.81. The average molecular weight is 372 g/mol. The summed E-state index contributed by atoms with van der Waals surface area (Å²) < 4.78 is 7.20. The number of nitrogens with one attached hydrogen (secondary N) is 2. The highest BCUT2D eigenvalue weighted by molar-refractivity contribution is 5.79. The molecule has 27 heavy (non-hydrogen) atoms. The second-order valence-corrected chi connectivity index (χ2v) is 6.42. The number of nitrogens with zero attached hydrogens (tertiary/aromatic N) is 3. The van der Waals surface area contributed by atoms with E-state index in [1.165, 1.54) is 16.8 Å². The lowest BCUT2D eigenvalue weighted by Crippen LogP contribution is -2.38. The zero-order valence-corrected chi connectivity index (χ0v) is 17.3. The van der Waals surface area contributed by atoms with E-state index < -0.39 is 0 Å². The molecule has 0 aliphatic heterocycles. The molecule has 0 fully saturated rings. The molecule has 2 N–H and O–H groups in total. The number of aliphatic imine (C=N–C) groups is 1. The highest BCUT2D eigenvalue weighted by Gasteiger charge is 2.13. The topological polar surface area (TPSA) is 63.5 Å². The van der Waals surface area contributed by atoms with Crippen LogP contribution < -0.4 is 15.4 Å². The minimum atomic E-state index is 0.651. The maximum absolute atomic E-state index is 5.21. The summed E-state index contributed by atoms with van der Waals surface area (Å²) in [4.78, 5) is 4.79. The van der Waals surface area contributed by atoms with Crippen molar-refractivity contribution in [2.24, 2.45) is 12.0 Å². The smallest absolute Gasteiger partial charge is 0.191 e. The molecule has 0 aliphatic rings. The summed E-state index contributed by atoms with van der Waals surface area (Å²) in [6.45, 7) is 8.71. The van der Waals surface area contributed by atoms with Crippen molar-refractivity contribution in [2.45, 2.75) is 46.6 Å². The maximum Gasteiger partial charge on any atom is 0.191 e. The Morgan fingerprint density at radius 2 is 1.85 bits per heavy atom. The predicted molar refractivity (Wildman–Crippen MR) is 111 cm³/mol. The third kappa shape index (κ3) is 5.74. The minimum absolute atomic E-state index is 0.651. The van der Waals surface area contributed by atoms with Crippen LogP contribution in [0.5, 0.6) is 5.75 Å². The molecule has 0 radical (unpaired) electrons. The second kappa shape index (κ2) is 10.6. The van der Waals surface area contributed by atoms with Gasteiger partial charge in [-0.3, -0.25) is 4.68 Å². The van der Waals surface area contributed by atoms with Gasteiger partial charge in [-0.15, -0.1) is 0 Å². The SMILES string of the molecule is CCNC(=NCc1c(CC)nn(C)c1CC)NCCc1ccc(OC)cc1. The zero-order chi connectivity index (χ0) is 19.6. The van der Waals surface area contributed by atoms with Gasteiger partial charge >= 0.3 is 0 Å². The van der Waals surface area contributed by atoms with Crippen LogP contribution >= 0.6 is 0 Å². The average Bonchev–Trinajstić information content (AvgIpc) is 3.01. The molecule has 1 heterocycles. The highest BCUT2D eigenvalue weighted by Crippen LogP contribution is 2.16. The van der Waals surface area contributed by atoms with Crippen molar-refractivity contribution in [1.29, 1.82) is 0 Å². The Bertz CT molecular complexity index is 734.